The molecule has 10 heteroatoms. The predicted molar refractivity (Wildman–Crippen MR) is 117 cm³/mol. The number of nitrogens with zero attached hydrogens (tertiary/aromatic N) is 2. The number of carbonyl (C=O) groups excluding carboxylic acids is 3. The fourth-order valence-corrected chi connectivity index (χ4v) is 7.00. The van der Waals surface area contributed by atoms with E-state index in [1.54, 1.807) is 17.0 Å². The van der Waals surface area contributed by atoms with Gasteiger partial charge >= 0.3 is 12.1 Å². The lowest BCUT2D eigenvalue weighted by molar-refractivity contribution is -0.177. The Bertz CT molecular complexity index is 1160. The summed E-state index contributed by atoms with van der Waals surface area (Å²) in [6.45, 7) is 0.949. The normalized spacial score (nSPS) is 32.8. The van der Waals surface area contributed by atoms with Crippen molar-refractivity contribution < 1.29 is 38.4 Å². The van der Waals surface area contributed by atoms with Gasteiger partial charge in [-0.1, -0.05) is 17.7 Å². The molecule has 5 aliphatic heterocycles. The van der Waals surface area contributed by atoms with Crippen LogP contribution >= 0.6 is 0 Å². The average Bonchev–Trinajstić information content (AvgIpc) is 3.50. The smallest absolute Gasteiger partial charge is 0.414 e. The standard InChI is InChI=1S/C24H26N2O8/c1-31-20(28)23(30)12-14-4-3-10-25-11-9-22(19(25)27)15-5-6-16-18(34-13-33-16)17(15)26(21(29)32-2)24(22,23)8-7-14/h5-7,30H,3-4,8-13H2,1-2H3/t22-,23-,24+/m1/s1. The molecule has 0 unspecified atom stereocenters. The molecule has 7 rings (SSSR count). The van der Waals surface area contributed by atoms with Gasteiger partial charge in [0.2, 0.25) is 12.7 Å². The Hall–Kier alpha value is -3.27. The molecule has 2 fully saturated rings. The Labute approximate surface area is 196 Å². The van der Waals surface area contributed by atoms with Gasteiger partial charge in [-0.2, -0.15) is 0 Å². The highest BCUT2D eigenvalue weighted by Crippen LogP contribution is 2.67. The van der Waals surface area contributed by atoms with Crippen molar-refractivity contribution in [1.29, 1.82) is 0 Å². The molecule has 34 heavy (non-hydrogen) atoms. The van der Waals surface area contributed by atoms with Gasteiger partial charge in [0.1, 0.15) is 11.0 Å². The zero-order chi connectivity index (χ0) is 23.9. The molecule has 4 bridgehead atoms. The Morgan fingerprint density at radius 1 is 1.15 bits per heavy atom. The van der Waals surface area contributed by atoms with E-state index in [1.807, 2.05) is 6.08 Å². The zero-order valence-corrected chi connectivity index (χ0v) is 19.1. The largest absolute Gasteiger partial charge is 0.467 e. The van der Waals surface area contributed by atoms with Gasteiger partial charge in [0.05, 0.1) is 19.9 Å². The van der Waals surface area contributed by atoms with Crippen molar-refractivity contribution in [2.45, 2.75) is 48.7 Å². The molecule has 3 atom stereocenters. The molecule has 1 aromatic carbocycles. The minimum Gasteiger partial charge on any atom is -0.467 e. The number of benzene rings is 1. The molecule has 1 aliphatic carbocycles. The topological polar surface area (TPSA) is 115 Å². The highest BCUT2D eigenvalue weighted by molar-refractivity contribution is 6.08. The SMILES string of the molecule is COC(=O)N1c2c(ccc3c2OCO3)[C@@]23CCN(CCCC4=CC[C@]12[C@](O)(C(=O)OC)C4)C3=O. The number of ether oxygens (including phenoxy) is 4. The number of methoxy groups -OCH3 is 2. The first kappa shape index (κ1) is 21.3. The van der Waals surface area contributed by atoms with Crippen LogP contribution in [-0.2, 0) is 24.5 Å². The van der Waals surface area contributed by atoms with E-state index in [0.717, 1.165) is 5.57 Å². The van der Waals surface area contributed by atoms with Gasteiger partial charge in [-0.05, 0) is 37.3 Å². The first-order valence-electron chi connectivity index (χ1n) is 11.4. The Balaban J connectivity index is 1.76. The van der Waals surface area contributed by atoms with E-state index in [-0.39, 0.29) is 25.5 Å². The second kappa shape index (κ2) is 6.88. The fraction of sp³-hybridized carbons (Fsp3) is 0.542. The molecule has 5 heterocycles. The third-order valence-electron chi connectivity index (χ3n) is 8.35. The molecule has 0 saturated carbocycles. The molecular formula is C24H26N2O8. The lowest BCUT2D eigenvalue weighted by Crippen LogP contribution is -2.77. The molecular weight excluding hydrogens is 444 g/mol. The lowest BCUT2D eigenvalue weighted by Gasteiger charge is -2.55. The van der Waals surface area contributed by atoms with Crippen molar-refractivity contribution in [2.75, 3.05) is 39.0 Å². The van der Waals surface area contributed by atoms with Gasteiger partial charge in [0, 0.05) is 19.5 Å². The maximum atomic E-state index is 14.3. The quantitative estimate of drug-likeness (QED) is 0.487. The van der Waals surface area contributed by atoms with Crippen LogP contribution in [-0.4, -0.2) is 73.2 Å². The van der Waals surface area contributed by atoms with E-state index in [9.17, 15) is 19.5 Å². The van der Waals surface area contributed by atoms with E-state index in [0.29, 0.717) is 55.1 Å². The van der Waals surface area contributed by atoms with Crippen LogP contribution in [0, 0.1) is 0 Å². The van der Waals surface area contributed by atoms with E-state index >= 15 is 0 Å². The zero-order valence-electron chi connectivity index (χ0n) is 19.1. The second-order valence-corrected chi connectivity index (χ2v) is 9.51. The minimum absolute atomic E-state index is 0.0459. The van der Waals surface area contributed by atoms with Gasteiger partial charge in [0.15, 0.2) is 17.1 Å². The molecule has 0 radical (unpaired) electrons. The Morgan fingerprint density at radius 3 is 2.74 bits per heavy atom. The first-order valence-corrected chi connectivity index (χ1v) is 11.4. The third kappa shape index (κ3) is 2.18. The van der Waals surface area contributed by atoms with Crippen LogP contribution in [0.3, 0.4) is 0 Å². The number of hydrogen-bond acceptors (Lipinski definition) is 8. The summed E-state index contributed by atoms with van der Waals surface area (Å²) < 4.78 is 21.7. The van der Waals surface area contributed by atoms with Gasteiger partial charge in [-0.3, -0.25) is 9.69 Å². The minimum atomic E-state index is -2.20. The summed E-state index contributed by atoms with van der Waals surface area (Å²) >= 11 is 0. The molecule has 1 N–H and O–H groups in total. The lowest BCUT2D eigenvalue weighted by atomic mass is 9.54. The van der Waals surface area contributed by atoms with Crippen LogP contribution < -0.4 is 14.4 Å². The number of esters is 1. The number of fused-ring (bicyclic) bond motifs is 7. The predicted octanol–water partition coefficient (Wildman–Crippen LogP) is 1.63. The van der Waals surface area contributed by atoms with Crippen molar-refractivity contribution in [3.05, 3.63) is 29.3 Å². The van der Waals surface area contributed by atoms with Crippen LogP contribution in [0.4, 0.5) is 10.5 Å². The summed E-state index contributed by atoms with van der Waals surface area (Å²) in [4.78, 5) is 44.4. The van der Waals surface area contributed by atoms with E-state index < -0.39 is 28.6 Å². The summed E-state index contributed by atoms with van der Waals surface area (Å²) in [6, 6.07) is 3.46. The summed E-state index contributed by atoms with van der Waals surface area (Å²) in [5.41, 5.74) is -3.59. The van der Waals surface area contributed by atoms with Crippen LogP contribution in [0.25, 0.3) is 0 Å². The molecule has 180 valence electrons. The van der Waals surface area contributed by atoms with Crippen molar-refractivity contribution >= 4 is 23.7 Å². The number of anilines is 1. The van der Waals surface area contributed by atoms with E-state index in [2.05, 4.69) is 0 Å². The van der Waals surface area contributed by atoms with Crippen molar-refractivity contribution in [1.82, 2.24) is 4.90 Å². The molecule has 10 nitrogen and oxygen atoms in total. The Kier molecular flexibility index (Phi) is 4.30. The van der Waals surface area contributed by atoms with Gasteiger partial charge in [0.25, 0.3) is 0 Å². The number of hydrogen-bond donors (Lipinski definition) is 1. The number of aliphatic hydroxyl groups is 1. The van der Waals surface area contributed by atoms with Crippen LogP contribution in [0.1, 0.15) is 37.7 Å². The Morgan fingerprint density at radius 2 is 1.97 bits per heavy atom. The van der Waals surface area contributed by atoms with Gasteiger partial charge in [-0.25, -0.2) is 9.59 Å². The maximum absolute atomic E-state index is 14.3. The van der Waals surface area contributed by atoms with Crippen LogP contribution in [0.5, 0.6) is 11.5 Å². The van der Waals surface area contributed by atoms with Gasteiger partial charge in [-0.15, -0.1) is 0 Å². The molecule has 6 aliphatic rings. The van der Waals surface area contributed by atoms with Crippen LogP contribution in [0.15, 0.2) is 23.8 Å². The molecule has 2 saturated heterocycles. The summed E-state index contributed by atoms with van der Waals surface area (Å²) in [5.74, 6) is -0.401. The second-order valence-electron chi connectivity index (χ2n) is 9.51. The molecule has 1 aromatic rings. The maximum Gasteiger partial charge on any atom is 0.414 e. The van der Waals surface area contributed by atoms with Gasteiger partial charge < -0.3 is 29.0 Å². The summed E-state index contributed by atoms with van der Waals surface area (Å²) in [5, 5.41) is 12.4. The monoisotopic (exact) mass is 470 g/mol. The highest BCUT2D eigenvalue weighted by Gasteiger charge is 2.80. The summed E-state index contributed by atoms with van der Waals surface area (Å²) in [6.07, 6.45) is 2.84. The van der Waals surface area contributed by atoms with Crippen molar-refractivity contribution in [3.63, 3.8) is 0 Å². The van der Waals surface area contributed by atoms with E-state index in [1.165, 1.54) is 19.1 Å². The first-order chi connectivity index (χ1) is 16.4. The fourth-order valence-electron chi connectivity index (χ4n) is 7.00. The van der Waals surface area contributed by atoms with Crippen LogP contribution in [0.2, 0.25) is 0 Å². The molecule has 2 amide bonds. The average molecular weight is 470 g/mol. The number of rotatable bonds is 1. The third-order valence-corrected chi connectivity index (χ3v) is 8.35. The highest BCUT2D eigenvalue weighted by atomic mass is 16.7. The number of amides is 2. The van der Waals surface area contributed by atoms with Crippen molar-refractivity contribution in [2.24, 2.45) is 0 Å². The van der Waals surface area contributed by atoms with E-state index in [4.69, 9.17) is 18.9 Å². The summed E-state index contributed by atoms with van der Waals surface area (Å²) in [7, 11) is 2.43. The number of carbonyl (C=O) groups is 3. The molecule has 0 aromatic heterocycles. The molecule has 2 spiro atoms. The van der Waals surface area contributed by atoms with Crippen molar-refractivity contribution in [3.8, 4) is 11.5 Å².